The topological polar surface area (TPSA) is 37.2 Å². The molecule has 0 saturated carbocycles. The number of para-hydroxylation sites is 1. The Morgan fingerprint density at radius 1 is 1.05 bits per heavy atom. The van der Waals surface area contributed by atoms with Crippen LogP contribution in [0, 0.1) is 0 Å². The highest BCUT2D eigenvalue weighted by Gasteiger charge is 2.36. The second-order valence-electron chi connectivity index (χ2n) is 5.83. The van der Waals surface area contributed by atoms with Crippen LogP contribution in [-0.4, -0.2) is 29.4 Å². The zero-order valence-corrected chi connectivity index (χ0v) is 13.0. The fourth-order valence-electron chi connectivity index (χ4n) is 3.15. The quantitative estimate of drug-likeness (QED) is 0.759. The second kappa shape index (κ2) is 5.95. The van der Waals surface area contributed by atoms with Crippen LogP contribution in [0.3, 0.4) is 0 Å². The van der Waals surface area contributed by atoms with Gasteiger partial charge in [0.1, 0.15) is 0 Å². The summed E-state index contributed by atoms with van der Waals surface area (Å²) in [6.07, 6.45) is 1.52. The molecule has 0 fully saturated rings. The third kappa shape index (κ3) is 2.32. The van der Waals surface area contributed by atoms with Crippen LogP contribution < -0.4 is 5.32 Å². The zero-order chi connectivity index (χ0) is 15.6. The van der Waals surface area contributed by atoms with Gasteiger partial charge in [0.2, 0.25) is 0 Å². The maximum atomic E-state index is 10.9. The van der Waals surface area contributed by atoms with Crippen molar-refractivity contribution in [3.05, 3.63) is 72.4 Å². The summed E-state index contributed by atoms with van der Waals surface area (Å²) in [6.45, 7) is 2.62. The number of benzene rings is 2. The molecule has 1 heterocycles. The van der Waals surface area contributed by atoms with E-state index in [-0.39, 0.29) is 0 Å². The van der Waals surface area contributed by atoms with Crippen molar-refractivity contribution in [3.8, 4) is 0 Å². The average Bonchev–Trinajstić information content (AvgIpc) is 2.99. The Kier molecular flexibility index (Phi) is 4.01. The summed E-state index contributed by atoms with van der Waals surface area (Å²) in [7, 11) is 1.86. The van der Waals surface area contributed by atoms with E-state index in [1.807, 2.05) is 37.4 Å². The smallest absolute Gasteiger partial charge is 0.0939 e. The normalized spacial score (nSPS) is 15.6. The van der Waals surface area contributed by atoms with Crippen molar-refractivity contribution >= 4 is 10.9 Å². The molecule has 22 heavy (non-hydrogen) atoms. The molecule has 0 bridgehead atoms. The number of aliphatic hydroxyl groups excluding tert-OH is 1. The minimum absolute atomic E-state index is 0.526. The lowest BCUT2D eigenvalue weighted by Crippen LogP contribution is -2.47. The summed E-state index contributed by atoms with van der Waals surface area (Å²) >= 11 is 0. The fourth-order valence-corrected chi connectivity index (χ4v) is 3.15. The molecule has 0 radical (unpaired) electrons. The molecule has 0 aliphatic rings. The summed E-state index contributed by atoms with van der Waals surface area (Å²) < 4.78 is 2.18. The van der Waals surface area contributed by atoms with Gasteiger partial charge in [0.05, 0.1) is 11.6 Å². The molecule has 114 valence electrons. The van der Waals surface area contributed by atoms with Crippen LogP contribution in [0.4, 0.5) is 0 Å². The molecule has 0 saturated heterocycles. The molecule has 0 unspecified atom stereocenters. The fraction of sp³-hybridized carbons (Fsp3) is 0.263. The lowest BCUT2D eigenvalue weighted by molar-refractivity contribution is 0.0753. The molecule has 0 aliphatic heterocycles. The Labute approximate surface area is 131 Å². The predicted octanol–water partition coefficient (Wildman–Crippen LogP) is 2.99. The number of aromatic nitrogens is 1. The first-order chi connectivity index (χ1) is 10.7. The number of nitrogens with zero attached hydrogens (tertiary/aromatic N) is 1. The van der Waals surface area contributed by atoms with Crippen molar-refractivity contribution < 1.29 is 5.11 Å². The molecule has 0 amide bonds. The van der Waals surface area contributed by atoms with Gasteiger partial charge in [0.15, 0.2) is 0 Å². The summed E-state index contributed by atoms with van der Waals surface area (Å²) in [4.78, 5) is 0. The van der Waals surface area contributed by atoms with E-state index in [9.17, 15) is 5.11 Å². The van der Waals surface area contributed by atoms with Gasteiger partial charge in [-0.25, -0.2) is 0 Å². The van der Waals surface area contributed by atoms with Gasteiger partial charge in [-0.3, -0.25) is 0 Å². The van der Waals surface area contributed by atoms with Gasteiger partial charge in [0.25, 0.3) is 0 Å². The number of hydrogen-bond acceptors (Lipinski definition) is 2. The van der Waals surface area contributed by atoms with E-state index < -0.39 is 11.6 Å². The first-order valence-electron chi connectivity index (χ1n) is 7.62. The van der Waals surface area contributed by atoms with Crippen LogP contribution >= 0.6 is 0 Å². The van der Waals surface area contributed by atoms with Crippen molar-refractivity contribution in [2.24, 2.45) is 0 Å². The number of fused-ring (bicyclic) bond motifs is 1. The van der Waals surface area contributed by atoms with E-state index in [0.717, 1.165) is 11.1 Å². The number of nitrogens with one attached hydrogen (secondary N) is 1. The first-order valence-corrected chi connectivity index (χ1v) is 7.62. The number of aliphatic hydroxyl groups is 1. The van der Waals surface area contributed by atoms with Gasteiger partial charge in [-0.15, -0.1) is 0 Å². The number of hydrogen-bond donors (Lipinski definition) is 2. The van der Waals surface area contributed by atoms with Crippen LogP contribution in [0.5, 0.6) is 0 Å². The average molecular weight is 294 g/mol. The van der Waals surface area contributed by atoms with Crippen molar-refractivity contribution in [2.45, 2.75) is 18.6 Å². The zero-order valence-electron chi connectivity index (χ0n) is 13.0. The Morgan fingerprint density at radius 3 is 2.45 bits per heavy atom. The van der Waals surface area contributed by atoms with Gasteiger partial charge >= 0.3 is 0 Å². The maximum Gasteiger partial charge on any atom is 0.0939 e. The van der Waals surface area contributed by atoms with E-state index in [1.165, 1.54) is 5.39 Å². The van der Waals surface area contributed by atoms with Gasteiger partial charge in [-0.05, 0) is 37.1 Å². The summed E-state index contributed by atoms with van der Waals surface area (Å²) in [5, 5.41) is 15.1. The Morgan fingerprint density at radius 2 is 1.73 bits per heavy atom. The van der Waals surface area contributed by atoms with Crippen LogP contribution in [0.1, 0.15) is 12.5 Å². The van der Waals surface area contributed by atoms with Crippen molar-refractivity contribution in [1.29, 1.82) is 0 Å². The molecule has 3 nitrogen and oxygen atoms in total. The van der Waals surface area contributed by atoms with Crippen LogP contribution in [0.15, 0.2) is 66.9 Å². The summed E-state index contributed by atoms with van der Waals surface area (Å²) in [6, 6.07) is 20.6. The predicted molar refractivity (Wildman–Crippen MR) is 91.1 cm³/mol. The Balaban J connectivity index is 2.21. The standard InChI is InChI=1S/C19H22N2O/c1-19(18(22)14-20-2,16-9-4-3-5-10-16)21-13-12-15-8-6-7-11-17(15)21/h3-13,18,20,22H,14H2,1-2H3/t18-,19+/m1/s1. The summed E-state index contributed by atoms with van der Waals surface area (Å²) in [5.41, 5.74) is 1.69. The molecule has 0 spiro atoms. The molecule has 3 rings (SSSR count). The largest absolute Gasteiger partial charge is 0.389 e. The van der Waals surface area contributed by atoms with Crippen molar-refractivity contribution in [1.82, 2.24) is 9.88 Å². The molecule has 2 aromatic carbocycles. The third-order valence-electron chi connectivity index (χ3n) is 4.50. The van der Waals surface area contributed by atoms with Gasteiger partial charge in [-0.2, -0.15) is 0 Å². The minimum Gasteiger partial charge on any atom is -0.389 e. The maximum absolute atomic E-state index is 10.9. The van der Waals surface area contributed by atoms with Gasteiger partial charge in [0, 0.05) is 18.3 Å². The van der Waals surface area contributed by atoms with Crippen LogP contribution in [0.2, 0.25) is 0 Å². The molecule has 3 heteroatoms. The summed E-state index contributed by atoms with van der Waals surface area (Å²) in [5.74, 6) is 0. The third-order valence-corrected chi connectivity index (χ3v) is 4.50. The van der Waals surface area contributed by atoms with Crippen LogP contribution in [-0.2, 0) is 5.54 Å². The van der Waals surface area contributed by atoms with Crippen molar-refractivity contribution in [2.75, 3.05) is 13.6 Å². The van der Waals surface area contributed by atoms with Crippen molar-refractivity contribution in [3.63, 3.8) is 0 Å². The molecule has 1 aromatic heterocycles. The van der Waals surface area contributed by atoms with E-state index in [4.69, 9.17) is 0 Å². The minimum atomic E-state index is -0.546. The van der Waals surface area contributed by atoms with E-state index >= 15 is 0 Å². The highest BCUT2D eigenvalue weighted by atomic mass is 16.3. The molecular weight excluding hydrogens is 272 g/mol. The lowest BCUT2D eigenvalue weighted by atomic mass is 9.85. The van der Waals surface area contributed by atoms with Gasteiger partial charge in [-0.1, -0.05) is 48.5 Å². The second-order valence-corrected chi connectivity index (χ2v) is 5.83. The molecule has 3 aromatic rings. The molecule has 0 aliphatic carbocycles. The van der Waals surface area contributed by atoms with E-state index in [0.29, 0.717) is 6.54 Å². The SMILES string of the molecule is CNC[C@@H](O)[C@](C)(c1ccccc1)n1ccc2ccccc21. The lowest BCUT2D eigenvalue weighted by Gasteiger charge is -2.37. The molecule has 2 N–H and O–H groups in total. The van der Waals surface area contributed by atoms with E-state index in [1.54, 1.807) is 0 Å². The number of likely N-dealkylation sites (N-methyl/N-ethyl adjacent to an activating group) is 1. The monoisotopic (exact) mass is 294 g/mol. The highest BCUT2D eigenvalue weighted by Crippen LogP contribution is 2.33. The van der Waals surface area contributed by atoms with Gasteiger partial charge < -0.3 is 15.0 Å². The Hall–Kier alpha value is -2.10. The number of rotatable bonds is 5. The van der Waals surface area contributed by atoms with E-state index in [2.05, 4.69) is 53.3 Å². The van der Waals surface area contributed by atoms with Crippen LogP contribution in [0.25, 0.3) is 10.9 Å². The molecular formula is C19H22N2O. The highest BCUT2D eigenvalue weighted by molar-refractivity contribution is 5.80. The molecule has 2 atom stereocenters. The Bertz CT molecular complexity index is 750. The first kappa shape index (κ1) is 14.8.